The van der Waals surface area contributed by atoms with E-state index in [4.69, 9.17) is 0 Å². The van der Waals surface area contributed by atoms with Crippen molar-refractivity contribution >= 4 is 17.8 Å². The lowest BCUT2D eigenvalue weighted by atomic mass is 10.2. The minimum Gasteiger partial charge on any atom is -0.341 e. The summed E-state index contributed by atoms with van der Waals surface area (Å²) < 4.78 is 0. The molecule has 0 aromatic carbocycles. The molecule has 0 bridgehead atoms. The highest BCUT2D eigenvalue weighted by Crippen LogP contribution is 2.27. The number of carbonyl (C=O) groups is 3. The second-order valence-corrected chi connectivity index (χ2v) is 5.85. The Labute approximate surface area is 118 Å². The Bertz CT molecular complexity index is 407. The van der Waals surface area contributed by atoms with Gasteiger partial charge in [0.2, 0.25) is 5.91 Å². The summed E-state index contributed by atoms with van der Waals surface area (Å²) in [5.41, 5.74) is 0. The third kappa shape index (κ3) is 2.27. The van der Waals surface area contributed by atoms with Gasteiger partial charge in [0, 0.05) is 19.6 Å². The lowest BCUT2D eigenvalue weighted by Crippen LogP contribution is -2.44. The Balaban J connectivity index is 1.63. The maximum atomic E-state index is 12.3. The summed E-state index contributed by atoms with van der Waals surface area (Å²) >= 11 is 0. The third-order valence-electron chi connectivity index (χ3n) is 4.53. The molecule has 3 fully saturated rings. The van der Waals surface area contributed by atoms with Crippen LogP contribution in [0.2, 0.25) is 0 Å². The van der Waals surface area contributed by atoms with Crippen molar-refractivity contribution in [1.82, 2.24) is 14.7 Å². The average Bonchev–Trinajstić information content (AvgIpc) is 2.87. The molecular formula is C14H21N3O3. The van der Waals surface area contributed by atoms with Crippen LogP contribution in [0.15, 0.2) is 0 Å². The largest absolute Gasteiger partial charge is 0.341 e. The zero-order chi connectivity index (χ0) is 14.1. The van der Waals surface area contributed by atoms with E-state index in [-0.39, 0.29) is 30.4 Å². The van der Waals surface area contributed by atoms with Gasteiger partial charge in [-0.1, -0.05) is 12.8 Å². The molecule has 0 aromatic rings. The number of rotatable bonds is 2. The molecule has 6 nitrogen and oxygen atoms in total. The van der Waals surface area contributed by atoms with Crippen LogP contribution in [0, 0.1) is 0 Å². The van der Waals surface area contributed by atoms with E-state index in [0.717, 1.165) is 56.5 Å². The van der Waals surface area contributed by atoms with Crippen molar-refractivity contribution in [3.8, 4) is 0 Å². The third-order valence-corrected chi connectivity index (χ3v) is 4.53. The number of likely N-dealkylation sites (tertiary alicyclic amines) is 1. The van der Waals surface area contributed by atoms with Crippen molar-refractivity contribution in [2.75, 3.05) is 26.2 Å². The summed E-state index contributed by atoms with van der Waals surface area (Å²) in [6.45, 7) is 2.07. The first kappa shape index (κ1) is 13.4. The number of hydrogen-bond acceptors (Lipinski definition) is 3. The second kappa shape index (κ2) is 5.42. The monoisotopic (exact) mass is 279 g/mol. The molecule has 4 amide bonds. The molecule has 3 rings (SSSR count). The van der Waals surface area contributed by atoms with Gasteiger partial charge in [0.1, 0.15) is 12.6 Å². The van der Waals surface area contributed by atoms with Crippen LogP contribution < -0.4 is 0 Å². The smallest absolute Gasteiger partial charge is 0.327 e. The number of imide groups is 1. The number of nitrogens with zero attached hydrogens (tertiary/aromatic N) is 3. The molecule has 0 aliphatic carbocycles. The number of carbonyl (C=O) groups excluding carboxylic acids is 3. The first-order valence-corrected chi connectivity index (χ1v) is 7.58. The molecule has 0 saturated carbocycles. The van der Waals surface area contributed by atoms with E-state index in [9.17, 15) is 14.4 Å². The molecule has 1 atom stereocenters. The fourth-order valence-electron chi connectivity index (χ4n) is 3.38. The van der Waals surface area contributed by atoms with Gasteiger partial charge in [-0.25, -0.2) is 4.79 Å². The van der Waals surface area contributed by atoms with Gasteiger partial charge in [-0.2, -0.15) is 0 Å². The number of hydrogen-bond donors (Lipinski definition) is 0. The highest BCUT2D eigenvalue weighted by atomic mass is 16.2. The van der Waals surface area contributed by atoms with Gasteiger partial charge in [0.15, 0.2) is 0 Å². The molecule has 0 radical (unpaired) electrons. The van der Waals surface area contributed by atoms with Crippen LogP contribution in [0.4, 0.5) is 4.79 Å². The van der Waals surface area contributed by atoms with Crippen LogP contribution in [0.3, 0.4) is 0 Å². The fourth-order valence-corrected chi connectivity index (χ4v) is 3.38. The Kier molecular flexibility index (Phi) is 3.63. The zero-order valence-electron chi connectivity index (χ0n) is 11.7. The maximum Gasteiger partial charge on any atom is 0.327 e. The summed E-state index contributed by atoms with van der Waals surface area (Å²) in [6.07, 6.45) is 5.96. The minimum absolute atomic E-state index is 0.0787. The predicted molar refractivity (Wildman–Crippen MR) is 71.9 cm³/mol. The molecule has 0 N–H and O–H groups in total. The van der Waals surface area contributed by atoms with E-state index >= 15 is 0 Å². The van der Waals surface area contributed by atoms with Gasteiger partial charge in [0.25, 0.3) is 5.91 Å². The lowest BCUT2D eigenvalue weighted by molar-refractivity contribution is -0.137. The van der Waals surface area contributed by atoms with Gasteiger partial charge in [-0.05, 0) is 25.7 Å². The Morgan fingerprint density at radius 1 is 1.00 bits per heavy atom. The van der Waals surface area contributed by atoms with Crippen LogP contribution in [-0.2, 0) is 9.59 Å². The van der Waals surface area contributed by atoms with Crippen LogP contribution in [0.25, 0.3) is 0 Å². The minimum atomic E-state index is -0.306. The van der Waals surface area contributed by atoms with Gasteiger partial charge in [0.05, 0.1) is 0 Å². The Morgan fingerprint density at radius 2 is 1.70 bits per heavy atom. The van der Waals surface area contributed by atoms with Crippen LogP contribution in [0.5, 0.6) is 0 Å². The lowest BCUT2D eigenvalue weighted by Gasteiger charge is -2.23. The summed E-state index contributed by atoms with van der Waals surface area (Å²) in [6, 6.07) is -0.583. The molecule has 3 aliphatic rings. The zero-order valence-corrected chi connectivity index (χ0v) is 11.7. The SMILES string of the molecule is O=C(CN1C(=O)C2CCCN2C1=O)N1CCCCCC1. The van der Waals surface area contributed by atoms with Crippen molar-refractivity contribution in [2.24, 2.45) is 0 Å². The number of fused-ring (bicyclic) bond motifs is 1. The highest BCUT2D eigenvalue weighted by Gasteiger charge is 2.48. The number of urea groups is 1. The van der Waals surface area contributed by atoms with E-state index in [1.165, 1.54) is 0 Å². The standard InChI is InChI=1S/C14H21N3O3/c18-12(15-7-3-1-2-4-8-15)10-17-13(19)11-6-5-9-16(11)14(17)20/h11H,1-10H2. The van der Waals surface area contributed by atoms with Crippen LogP contribution >= 0.6 is 0 Å². The van der Waals surface area contributed by atoms with Crippen molar-refractivity contribution in [2.45, 2.75) is 44.6 Å². The molecule has 3 saturated heterocycles. The van der Waals surface area contributed by atoms with Gasteiger partial charge in [-0.3, -0.25) is 14.5 Å². The van der Waals surface area contributed by atoms with Gasteiger partial charge < -0.3 is 9.80 Å². The van der Waals surface area contributed by atoms with Gasteiger partial charge in [-0.15, -0.1) is 0 Å². The second-order valence-electron chi connectivity index (χ2n) is 5.85. The molecule has 110 valence electrons. The van der Waals surface area contributed by atoms with Crippen LogP contribution in [-0.4, -0.2) is 64.8 Å². The molecule has 6 heteroatoms. The highest BCUT2D eigenvalue weighted by molar-refractivity contribution is 6.06. The van der Waals surface area contributed by atoms with Crippen molar-refractivity contribution in [3.63, 3.8) is 0 Å². The maximum absolute atomic E-state index is 12.3. The normalized spacial score (nSPS) is 27.0. The molecular weight excluding hydrogens is 258 g/mol. The van der Waals surface area contributed by atoms with E-state index in [1.807, 2.05) is 0 Å². The topological polar surface area (TPSA) is 60.9 Å². The van der Waals surface area contributed by atoms with E-state index in [1.54, 1.807) is 9.80 Å². The van der Waals surface area contributed by atoms with E-state index < -0.39 is 0 Å². The van der Waals surface area contributed by atoms with Crippen LogP contribution in [0.1, 0.15) is 38.5 Å². The van der Waals surface area contributed by atoms with Crippen molar-refractivity contribution in [1.29, 1.82) is 0 Å². The first-order valence-electron chi connectivity index (χ1n) is 7.58. The molecule has 3 heterocycles. The van der Waals surface area contributed by atoms with E-state index in [0.29, 0.717) is 6.54 Å². The molecule has 1 unspecified atom stereocenters. The molecule has 0 spiro atoms. The summed E-state index contributed by atoms with van der Waals surface area (Å²) in [7, 11) is 0. The number of amides is 4. The summed E-state index contributed by atoms with van der Waals surface area (Å²) in [4.78, 5) is 41.2. The average molecular weight is 279 g/mol. The Hall–Kier alpha value is -1.59. The predicted octanol–water partition coefficient (Wildman–Crippen LogP) is 0.816. The van der Waals surface area contributed by atoms with Crippen molar-refractivity contribution in [3.05, 3.63) is 0 Å². The van der Waals surface area contributed by atoms with Crippen molar-refractivity contribution < 1.29 is 14.4 Å². The quantitative estimate of drug-likeness (QED) is 0.703. The van der Waals surface area contributed by atoms with Gasteiger partial charge >= 0.3 is 6.03 Å². The fraction of sp³-hybridized carbons (Fsp3) is 0.786. The first-order chi connectivity index (χ1) is 9.68. The van der Waals surface area contributed by atoms with E-state index in [2.05, 4.69) is 0 Å². The Morgan fingerprint density at radius 3 is 2.35 bits per heavy atom. The summed E-state index contributed by atoms with van der Waals surface area (Å²) in [5, 5.41) is 0. The molecule has 20 heavy (non-hydrogen) atoms. The molecule has 3 aliphatic heterocycles. The summed E-state index contributed by atoms with van der Waals surface area (Å²) in [5.74, 6) is -0.273. The molecule has 0 aromatic heterocycles.